The quantitative estimate of drug-likeness (QED) is 0.901. The standard InChI is InChI=1S/C18H20ClN3O/c1-23-18-8-7-15(12-16(18)19)22-17(11-14(21-22)9-10-20)13-5-3-2-4-6-13/h2-8,12,17H,9-11,20H2,1H3. The Morgan fingerprint density at radius 3 is 2.70 bits per heavy atom. The molecule has 2 aromatic rings. The minimum Gasteiger partial charge on any atom is -0.495 e. The van der Waals surface area contributed by atoms with E-state index >= 15 is 0 Å². The SMILES string of the molecule is COc1ccc(N2N=C(CCN)CC2c2ccccc2)cc1Cl. The molecule has 0 amide bonds. The Bertz CT molecular complexity index is 703. The monoisotopic (exact) mass is 329 g/mol. The van der Waals surface area contributed by atoms with Gasteiger partial charge in [0.15, 0.2) is 0 Å². The van der Waals surface area contributed by atoms with Gasteiger partial charge in [0.25, 0.3) is 0 Å². The Morgan fingerprint density at radius 1 is 1.26 bits per heavy atom. The summed E-state index contributed by atoms with van der Waals surface area (Å²) in [6.45, 7) is 0.609. The van der Waals surface area contributed by atoms with Crippen molar-refractivity contribution in [2.45, 2.75) is 18.9 Å². The van der Waals surface area contributed by atoms with Crippen LogP contribution in [0, 0.1) is 0 Å². The average molecular weight is 330 g/mol. The first-order valence-electron chi connectivity index (χ1n) is 7.67. The lowest BCUT2D eigenvalue weighted by Crippen LogP contribution is -2.18. The first-order chi connectivity index (χ1) is 11.2. The van der Waals surface area contributed by atoms with E-state index in [-0.39, 0.29) is 6.04 Å². The maximum atomic E-state index is 6.28. The molecular weight excluding hydrogens is 310 g/mol. The number of anilines is 1. The first-order valence-corrected chi connectivity index (χ1v) is 8.05. The summed E-state index contributed by atoms with van der Waals surface area (Å²) in [5.41, 5.74) is 9.01. The number of halogens is 1. The Hall–Kier alpha value is -2.04. The zero-order valence-corrected chi connectivity index (χ0v) is 13.8. The zero-order valence-electron chi connectivity index (χ0n) is 13.1. The molecule has 120 valence electrons. The predicted octanol–water partition coefficient (Wildman–Crippen LogP) is 4.00. The van der Waals surface area contributed by atoms with Gasteiger partial charge in [-0.05, 0) is 36.7 Å². The summed E-state index contributed by atoms with van der Waals surface area (Å²) in [5, 5.41) is 7.39. The third kappa shape index (κ3) is 3.33. The van der Waals surface area contributed by atoms with Crippen LogP contribution >= 0.6 is 11.6 Å². The number of methoxy groups -OCH3 is 1. The Balaban J connectivity index is 1.96. The molecule has 1 unspecified atom stereocenters. The number of benzene rings is 2. The summed E-state index contributed by atoms with van der Waals surface area (Å²) >= 11 is 6.28. The molecule has 0 saturated heterocycles. The van der Waals surface area contributed by atoms with Crippen molar-refractivity contribution in [1.29, 1.82) is 0 Å². The van der Waals surface area contributed by atoms with E-state index in [1.54, 1.807) is 7.11 Å². The number of nitrogens with zero attached hydrogens (tertiary/aromatic N) is 2. The van der Waals surface area contributed by atoms with Gasteiger partial charge in [0.1, 0.15) is 5.75 Å². The molecule has 1 heterocycles. The second-order valence-electron chi connectivity index (χ2n) is 5.50. The van der Waals surface area contributed by atoms with Crippen molar-refractivity contribution in [2.24, 2.45) is 10.8 Å². The summed E-state index contributed by atoms with van der Waals surface area (Å²) in [4.78, 5) is 0. The molecule has 23 heavy (non-hydrogen) atoms. The van der Waals surface area contributed by atoms with Crippen LogP contribution in [0.3, 0.4) is 0 Å². The van der Waals surface area contributed by atoms with E-state index in [9.17, 15) is 0 Å². The molecule has 0 bridgehead atoms. The van der Waals surface area contributed by atoms with Gasteiger partial charge in [-0.1, -0.05) is 41.9 Å². The lowest BCUT2D eigenvalue weighted by Gasteiger charge is -2.24. The first kappa shape index (κ1) is 15.8. The molecule has 0 saturated carbocycles. The molecule has 2 aromatic carbocycles. The normalized spacial score (nSPS) is 17.3. The minimum absolute atomic E-state index is 0.169. The van der Waals surface area contributed by atoms with Crippen LogP contribution in [0.4, 0.5) is 5.69 Å². The molecule has 2 N–H and O–H groups in total. The largest absolute Gasteiger partial charge is 0.495 e. The second-order valence-corrected chi connectivity index (χ2v) is 5.91. The summed E-state index contributed by atoms with van der Waals surface area (Å²) in [6.07, 6.45) is 1.69. The van der Waals surface area contributed by atoms with Crippen LogP contribution in [-0.4, -0.2) is 19.4 Å². The van der Waals surface area contributed by atoms with E-state index < -0.39 is 0 Å². The van der Waals surface area contributed by atoms with Crippen LogP contribution in [0.25, 0.3) is 0 Å². The van der Waals surface area contributed by atoms with E-state index in [0.29, 0.717) is 17.3 Å². The highest BCUT2D eigenvalue weighted by molar-refractivity contribution is 6.32. The fraction of sp³-hybridized carbons (Fsp3) is 0.278. The van der Waals surface area contributed by atoms with Crippen LogP contribution in [0.15, 0.2) is 53.6 Å². The van der Waals surface area contributed by atoms with Gasteiger partial charge in [0, 0.05) is 12.1 Å². The molecular formula is C18H20ClN3O. The highest BCUT2D eigenvalue weighted by Crippen LogP contribution is 2.38. The lowest BCUT2D eigenvalue weighted by molar-refractivity contribution is 0.415. The topological polar surface area (TPSA) is 50.8 Å². The minimum atomic E-state index is 0.169. The van der Waals surface area contributed by atoms with Crippen LogP contribution < -0.4 is 15.5 Å². The van der Waals surface area contributed by atoms with E-state index in [1.807, 2.05) is 29.3 Å². The smallest absolute Gasteiger partial charge is 0.137 e. The van der Waals surface area contributed by atoms with E-state index in [2.05, 4.69) is 24.3 Å². The molecule has 0 fully saturated rings. The third-order valence-electron chi connectivity index (χ3n) is 3.99. The Labute approximate surface area is 141 Å². The fourth-order valence-corrected chi connectivity index (χ4v) is 3.11. The number of ether oxygens (including phenoxy) is 1. The maximum absolute atomic E-state index is 6.28. The molecule has 1 aliphatic rings. The maximum Gasteiger partial charge on any atom is 0.137 e. The van der Waals surface area contributed by atoms with Crippen LogP contribution in [0.2, 0.25) is 5.02 Å². The van der Waals surface area contributed by atoms with Crippen molar-refractivity contribution in [3.05, 3.63) is 59.1 Å². The Morgan fingerprint density at radius 2 is 2.04 bits per heavy atom. The molecule has 0 aromatic heterocycles. The van der Waals surface area contributed by atoms with E-state index in [4.69, 9.17) is 27.2 Å². The van der Waals surface area contributed by atoms with Gasteiger partial charge >= 0.3 is 0 Å². The van der Waals surface area contributed by atoms with Crippen molar-refractivity contribution in [3.63, 3.8) is 0 Å². The molecule has 5 heteroatoms. The van der Waals surface area contributed by atoms with Crippen LogP contribution in [0.5, 0.6) is 5.75 Å². The number of nitrogens with two attached hydrogens (primary N) is 1. The van der Waals surface area contributed by atoms with Gasteiger partial charge in [-0.25, -0.2) is 0 Å². The van der Waals surface area contributed by atoms with Crippen molar-refractivity contribution in [3.8, 4) is 5.75 Å². The van der Waals surface area contributed by atoms with Gasteiger partial charge in [-0.3, -0.25) is 5.01 Å². The van der Waals surface area contributed by atoms with Gasteiger partial charge in [0.2, 0.25) is 0 Å². The van der Waals surface area contributed by atoms with E-state index in [1.165, 1.54) is 5.56 Å². The molecule has 1 aliphatic heterocycles. The van der Waals surface area contributed by atoms with E-state index in [0.717, 1.165) is 24.2 Å². The van der Waals surface area contributed by atoms with Crippen molar-refractivity contribution < 1.29 is 4.74 Å². The predicted molar refractivity (Wildman–Crippen MR) is 95.4 cm³/mol. The summed E-state index contributed by atoms with van der Waals surface area (Å²) in [6, 6.07) is 16.3. The third-order valence-corrected chi connectivity index (χ3v) is 4.29. The highest BCUT2D eigenvalue weighted by atomic mass is 35.5. The van der Waals surface area contributed by atoms with Crippen LogP contribution in [0.1, 0.15) is 24.4 Å². The zero-order chi connectivity index (χ0) is 16.2. The number of rotatable bonds is 5. The molecule has 0 spiro atoms. The van der Waals surface area contributed by atoms with Gasteiger partial charge in [-0.2, -0.15) is 5.10 Å². The summed E-state index contributed by atoms with van der Waals surface area (Å²) in [7, 11) is 1.61. The van der Waals surface area contributed by atoms with Crippen molar-refractivity contribution >= 4 is 23.0 Å². The van der Waals surface area contributed by atoms with Gasteiger partial charge in [0.05, 0.1) is 23.9 Å². The number of hydrazone groups is 1. The molecule has 0 aliphatic carbocycles. The average Bonchev–Trinajstić information content (AvgIpc) is 3.00. The second kappa shape index (κ2) is 7.02. The summed E-state index contributed by atoms with van der Waals surface area (Å²) < 4.78 is 5.23. The van der Waals surface area contributed by atoms with Gasteiger partial charge in [-0.15, -0.1) is 0 Å². The Kier molecular flexibility index (Phi) is 4.84. The van der Waals surface area contributed by atoms with Gasteiger partial charge < -0.3 is 10.5 Å². The fourth-order valence-electron chi connectivity index (χ4n) is 2.86. The number of hydrogen-bond acceptors (Lipinski definition) is 4. The molecule has 4 nitrogen and oxygen atoms in total. The van der Waals surface area contributed by atoms with Crippen molar-refractivity contribution in [1.82, 2.24) is 0 Å². The molecule has 3 rings (SSSR count). The summed E-state index contributed by atoms with van der Waals surface area (Å²) in [5.74, 6) is 0.664. The molecule has 0 radical (unpaired) electrons. The molecule has 1 atom stereocenters. The lowest BCUT2D eigenvalue weighted by atomic mass is 10.0. The van der Waals surface area contributed by atoms with Crippen LogP contribution in [-0.2, 0) is 0 Å². The van der Waals surface area contributed by atoms with Crippen molar-refractivity contribution in [2.75, 3.05) is 18.7 Å². The highest BCUT2D eigenvalue weighted by Gasteiger charge is 2.29. The number of hydrogen-bond donors (Lipinski definition) is 1.